The van der Waals surface area contributed by atoms with E-state index in [0.717, 1.165) is 28.5 Å². The largest absolute Gasteiger partial charge is 0.390 e. The van der Waals surface area contributed by atoms with Crippen molar-refractivity contribution in [2.24, 2.45) is 0 Å². The summed E-state index contributed by atoms with van der Waals surface area (Å²) in [5, 5.41) is 14.9. The van der Waals surface area contributed by atoms with Crippen molar-refractivity contribution in [2.75, 3.05) is 25.0 Å². The van der Waals surface area contributed by atoms with Gasteiger partial charge in [0, 0.05) is 41.5 Å². The summed E-state index contributed by atoms with van der Waals surface area (Å²) in [4.78, 5) is 25.6. The van der Waals surface area contributed by atoms with Gasteiger partial charge in [-0.25, -0.2) is 0 Å². The Morgan fingerprint density at radius 2 is 2.28 bits per heavy atom. The third-order valence-electron chi connectivity index (χ3n) is 3.97. The number of hydrogen-bond donors (Lipinski definition) is 2. The van der Waals surface area contributed by atoms with Crippen molar-refractivity contribution < 1.29 is 9.59 Å². The van der Waals surface area contributed by atoms with Crippen LogP contribution >= 0.6 is 22.6 Å². The van der Waals surface area contributed by atoms with Crippen LogP contribution in [0.3, 0.4) is 0 Å². The topological polar surface area (TPSA) is 85.2 Å². The van der Waals surface area contributed by atoms with Crippen LogP contribution < -0.4 is 10.6 Å². The molecular formula is C18H21IN4O2. The lowest BCUT2D eigenvalue weighted by Crippen LogP contribution is -2.27. The van der Waals surface area contributed by atoms with E-state index < -0.39 is 5.91 Å². The van der Waals surface area contributed by atoms with Crippen molar-refractivity contribution in [3.63, 3.8) is 0 Å². The summed E-state index contributed by atoms with van der Waals surface area (Å²) in [6.07, 6.45) is 3.79. The lowest BCUT2D eigenvalue weighted by Gasteiger charge is -2.14. The van der Waals surface area contributed by atoms with Crippen LogP contribution in [-0.4, -0.2) is 36.3 Å². The van der Waals surface area contributed by atoms with Crippen molar-refractivity contribution in [2.45, 2.75) is 26.2 Å². The monoisotopic (exact) mass is 452 g/mol. The molecule has 2 amide bonds. The zero-order chi connectivity index (χ0) is 18.2. The van der Waals surface area contributed by atoms with Gasteiger partial charge in [-0.05, 0) is 66.1 Å². The highest BCUT2D eigenvalue weighted by Crippen LogP contribution is 2.18. The normalized spacial score (nSPS) is 14.4. The Kier molecular flexibility index (Phi) is 7.25. The van der Waals surface area contributed by atoms with Gasteiger partial charge >= 0.3 is 0 Å². The number of benzene rings is 1. The molecular weight excluding hydrogens is 431 g/mol. The Morgan fingerprint density at radius 1 is 1.48 bits per heavy atom. The second-order valence-corrected chi connectivity index (χ2v) is 7.12. The Labute approximate surface area is 161 Å². The third-order valence-corrected chi connectivity index (χ3v) is 4.64. The third kappa shape index (κ3) is 5.74. The minimum atomic E-state index is -0.436. The minimum Gasteiger partial charge on any atom is -0.390 e. The standard InChI is InChI=1S/C18H21IN4O2/c1-13-10-15(19)5-6-16(13)22-18(25)14(11-20)12-21-7-3-9-23-8-2-4-17(23)24/h5-6,10,12,21H,2-4,7-9H2,1H3,(H,22,25)/b14-12-. The molecule has 0 saturated carbocycles. The summed E-state index contributed by atoms with van der Waals surface area (Å²) < 4.78 is 1.09. The van der Waals surface area contributed by atoms with E-state index >= 15 is 0 Å². The summed E-state index contributed by atoms with van der Waals surface area (Å²) in [5.74, 6) is -0.227. The highest BCUT2D eigenvalue weighted by atomic mass is 127. The lowest BCUT2D eigenvalue weighted by atomic mass is 10.2. The molecule has 1 heterocycles. The van der Waals surface area contributed by atoms with Crippen molar-refractivity contribution in [3.05, 3.63) is 39.1 Å². The van der Waals surface area contributed by atoms with Gasteiger partial charge in [-0.1, -0.05) is 0 Å². The summed E-state index contributed by atoms with van der Waals surface area (Å²) in [6.45, 7) is 4.04. The summed E-state index contributed by atoms with van der Waals surface area (Å²) >= 11 is 2.21. The Bertz CT molecular complexity index is 724. The van der Waals surface area contributed by atoms with E-state index in [0.29, 0.717) is 25.2 Å². The number of nitrogens with zero attached hydrogens (tertiary/aromatic N) is 2. The average molecular weight is 452 g/mol. The first kappa shape index (κ1) is 19.2. The maximum absolute atomic E-state index is 12.2. The molecule has 0 radical (unpaired) electrons. The van der Waals surface area contributed by atoms with Crippen molar-refractivity contribution in [1.29, 1.82) is 5.26 Å². The van der Waals surface area contributed by atoms with E-state index in [4.69, 9.17) is 0 Å². The Balaban J connectivity index is 1.81. The molecule has 0 aliphatic carbocycles. The molecule has 2 rings (SSSR count). The highest BCUT2D eigenvalue weighted by molar-refractivity contribution is 14.1. The van der Waals surface area contributed by atoms with E-state index in [1.54, 1.807) is 0 Å². The predicted molar refractivity (Wildman–Crippen MR) is 105 cm³/mol. The maximum Gasteiger partial charge on any atom is 0.267 e. The number of hydrogen-bond acceptors (Lipinski definition) is 4. The van der Waals surface area contributed by atoms with E-state index in [9.17, 15) is 14.9 Å². The fraction of sp³-hybridized carbons (Fsp3) is 0.389. The summed E-state index contributed by atoms with van der Waals surface area (Å²) in [6, 6.07) is 7.60. The quantitative estimate of drug-likeness (QED) is 0.288. The van der Waals surface area contributed by atoms with Crippen LogP contribution in [0.4, 0.5) is 5.69 Å². The number of aryl methyl sites for hydroxylation is 1. The first-order valence-corrected chi connectivity index (χ1v) is 9.28. The van der Waals surface area contributed by atoms with Gasteiger partial charge in [-0.15, -0.1) is 0 Å². The average Bonchev–Trinajstić information content (AvgIpc) is 2.98. The lowest BCUT2D eigenvalue weighted by molar-refractivity contribution is -0.127. The van der Waals surface area contributed by atoms with Gasteiger partial charge in [-0.3, -0.25) is 9.59 Å². The molecule has 6 nitrogen and oxygen atoms in total. The number of carbonyl (C=O) groups excluding carboxylic acids is 2. The molecule has 1 aromatic carbocycles. The van der Waals surface area contributed by atoms with Gasteiger partial charge < -0.3 is 15.5 Å². The zero-order valence-corrected chi connectivity index (χ0v) is 16.3. The molecule has 0 atom stereocenters. The SMILES string of the molecule is Cc1cc(I)ccc1NC(=O)/C(C#N)=C\NCCCN1CCCC1=O. The Hall–Kier alpha value is -2.08. The van der Waals surface area contributed by atoms with Gasteiger partial charge in [0.1, 0.15) is 11.6 Å². The number of rotatable bonds is 7. The van der Waals surface area contributed by atoms with Crippen LogP contribution in [0, 0.1) is 21.8 Å². The zero-order valence-electron chi connectivity index (χ0n) is 14.1. The van der Waals surface area contributed by atoms with Crippen molar-refractivity contribution >= 4 is 40.1 Å². The van der Waals surface area contributed by atoms with Crippen LogP contribution in [0.15, 0.2) is 30.0 Å². The van der Waals surface area contributed by atoms with Crippen molar-refractivity contribution in [1.82, 2.24) is 10.2 Å². The molecule has 0 aromatic heterocycles. The number of nitrogens with one attached hydrogen (secondary N) is 2. The molecule has 0 unspecified atom stereocenters. The first-order valence-electron chi connectivity index (χ1n) is 8.20. The van der Waals surface area contributed by atoms with Crippen LogP contribution in [0.1, 0.15) is 24.8 Å². The van der Waals surface area contributed by atoms with Crippen LogP contribution in [-0.2, 0) is 9.59 Å². The molecule has 2 N–H and O–H groups in total. The second-order valence-electron chi connectivity index (χ2n) is 5.88. The second kappa shape index (κ2) is 9.42. The predicted octanol–water partition coefficient (Wildman–Crippen LogP) is 2.55. The van der Waals surface area contributed by atoms with Crippen LogP contribution in [0.25, 0.3) is 0 Å². The first-order chi connectivity index (χ1) is 12.0. The molecule has 0 spiro atoms. The molecule has 1 aromatic rings. The van der Waals surface area contributed by atoms with E-state index in [1.165, 1.54) is 6.20 Å². The molecule has 0 bridgehead atoms. The van der Waals surface area contributed by atoms with Gasteiger partial charge in [0.2, 0.25) is 5.91 Å². The van der Waals surface area contributed by atoms with Crippen LogP contribution in [0.2, 0.25) is 0 Å². The molecule has 1 saturated heterocycles. The van der Waals surface area contributed by atoms with Crippen molar-refractivity contribution in [3.8, 4) is 6.07 Å². The minimum absolute atomic E-state index is 0.0233. The number of carbonyl (C=O) groups is 2. The molecule has 7 heteroatoms. The fourth-order valence-electron chi connectivity index (χ4n) is 2.59. The van der Waals surface area contributed by atoms with Gasteiger partial charge in [0.15, 0.2) is 0 Å². The molecule has 1 aliphatic rings. The summed E-state index contributed by atoms with van der Waals surface area (Å²) in [5.41, 5.74) is 1.66. The van der Waals surface area contributed by atoms with E-state index in [1.807, 2.05) is 36.1 Å². The highest BCUT2D eigenvalue weighted by Gasteiger charge is 2.18. The van der Waals surface area contributed by atoms with Gasteiger partial charge in [-0.2, -0.15) is 5.26 Å². The molecule has 1 fully saturated rings. The van der Waals surface area contributed by atoms with Gasteiger partial charge in [0.05, 0.1) is 0 Å². The summed E-state index contributed by atoms with van der Waals surface area (Å²) in [7, 11) is 0. The smallest absolute Gasteiger partial charge is 0.267 e. The van der Waals surface area contributed by atoms with E-state index in [-0.39, 0.29) is 11.5 Å². The maximum atomic E-state index is 12.2. The number of anilines is 1. The Morgan fingerprint density at radius 3 is 2.92 bits per heavy atom. The molecule has 132 valence electrons. The number of amides is 2. The van der Waals surface area contributed by atoms with E-state index in [2.05, 4.69) is 33.2 Å². The number of nitriles is 1. The molecule has 1 aliphatic heterocycles. The molecule has 25 heavy (non-hydrogen) atoms. The number of likely N-dealkylation sites (tertiary alicyclic amines) is 1. The van der Waals surface area contributed by atoms with Crippen LogP contribution in [0.5, 0.6) is 0 Å². The fourth-order valence-corrected chi connectivity index (χ4v) is 3.24. The number of halogens is 1. The van der Waals surface area contributed by atoms with Gasteiger partial charge in [0.25, 0.3) is 5.91 Å².